The van der Waals surface area contributed by atoms with E-state index in [2.05, 4.69) is 52.7 Å². The fraction of sp³-hybridized carbons (Fsp3) is 0.167. The molecule has 22 heavy (non-hydrogen) atoms. The highest BCUT2D eigenvalue weighted by molar-refractivity contribution is 14.1. The van der Waals surface area contributed by atoms with E-state index >= 15 is 0 Å². The summed E-state index contributed by atoms with van der Waals surface area (Å²) in [6.45, 7) is 4.27. The lowest BCUT2D eigenvalue weighted by Gasteiger charge is -2.07. The summed E-state index contributed by atoms with van der Waals surface area (Å²) < 4.78 is 6.04. The van der Waals surface area contributed by atoms with E-state index in [9.17, 15) is 4.79 Å². The van der Waals surface area contributed by atoms with Crippen LogP contribution in [0, 0.1) is 10.5 Å². The van der Waals surface area contributed by atoms with Gasteiger partial charge in [-0.3, -0.25) is 0 Å². The normalized spacial score (nSPS) is 10.9. The Hall–Kier alpha value is -1.82. The SMILES string of the molecule is CCOC(=O)c1[nH]c2c(-c3ccccc3C)cccc2c1I. The number of aromatic amines is 1. The first kappa shape index (κ1) is 15.1. The third kappa shape index (κ3) is 2.52. The van der Waals surface area contributed by atoms with Gasteiger partial charge in [-0.1, -0.05) is 42.5 Å². The van der Waals surface area contributed by atoms with Gasteiger partial charge in [-0.05, 0) is 47.6 Å². The summed E-state index contributed by atoms with van der Waals surface area (Å²) in [5.74, 6) is -0.307. The number of hydrogen-bond acceptors (Lipinski definition) is 2. The van der Waals surface area contributed by atoms with Crippen LogP contribution in [0.3, 0.4) is 0 Å². The molecule has 0 aliphatic rings. The smallest absolute Gasteiger partial charge is 0.355 e. The highest BCUT2D eigenvalue weighted by Crippen LogP contribution is 2.34. The zero-order chi connectivity index (χ0) is 15.7. The monoisotopic (exact) mass is 405 g/mol. The Morgan fingerprint density at radius 2 is 1.86 bits per heavy atom. The van der Waals surface area contributed by atoms with Gasteiger partial charge in [0.1, 0.15) is 5.69 Å². The van der Waals surface area contributed by atoms with Crippen molar-refractivity contribution in [2.24, 2.45) is 0 Å². The summed E-state index contributed by atoms with van der Waals surface area (Å²) in [6.07, 6.45) is 0. The predicted octanol–water partition coefficient (Wildman–Crippen LogP) is 4.92. The quantitative estimate of drug-likeness (QED) is 0.496. The van der Waals surface area contributed by atoms with Gasteiger partial charge < -0.3 is 9.72 Å². The number of esters is 1. The lowest BCUT2D eigenvalue weighted by molar-refractivity contribution is 0.0519. The Balaban J connectivity index is 2.24. The van der Waals surface area contributed by atoms with Crippen LogP contribution in [0.2, 0.25) is 0 Å². The van der Waals surface area contributed by atoms with Crippen molar-refractivity contribution in [3.05, 3.63) is 57.3 Å². The number of aryl methyl sites for hydroxylation is 1. The number of carbonyl (C=O) groups is 1. The van der Waals surface area contributed by atoms with Crippen molar-refractivity contribution in [3.8, 4) is 11.1 Å². The van der Waals surface area contributed by atoms with E-state index in [4.69, 9.17) is 4.74 Å². The molecule has 0 saturated carbocycles. The van der Waals surface area contributed by atoms with Crippen LogP contribution >= 0.6 is 22.6 Å². The van der Waals surface area contributed by atoms with Crippen LogP contribution in [0.15, 0.2) is 42.5 Å². The van der Waals surface area contributed by atoms with Gasteiger partial charge in [0.05, 0.1) is 15.7 Å². The van der Waals surface area contributed by atoms with E-state index in [0.717, 1.165) is 20.0 Å². The van der Waals surface area contributed by atoms with Gasteiger partial charge in [0.15, 0.2) is 0 Å². The van der Waals surface area contributed by atoms with Crippen molar-refractivity contribution in [2.75, 3.05) is 6.61 Å². The predicted molar refractivity (Wildman–Crippen MR) is 97.1 cm³/mol. The minimum Gasteiger partial charge on any atom is -0.461 e. The molecule has 112 valence electrons. The van der Waals surface area contributed by atoms with Crippen molar-refractivity contribution in [3.63, 3.8) is 0 Å². The van der Waals surface area contributed by atoms with Crippen molar-refractivity contribution >= 4 is 39.5 Å². The van der Waals surface area contributed by atoms with E-state index in [-0.39, 0.29) is 5.97 Å². The summed E-state index contributed by atoms with van der Waals surface area (Å²) in [4.78, 5) is 15.4. The van der Waals surface area contributed by atoms with Crippen LogP contribution in [0.25, 0.3) is 22.0 Å². The van der Waals surface area contributed by atoms with E-state index in [0.29, 0.717) is 12.3 Å². The third-order valence-electron chi connectivity index (χ3n) is 3.69. The Morgan fingerprint density at radius 1 is 1.14 bits per heavy atom. The molecule has 0 amide bonds. The average Bonchev–Trinajstić information content (AvgIpc) is 2.86. The number of halogens is 1. The van der Waals surface area contributed by atoms with Gasteiger partial charge >= 0.3 is 5.97 Å². The lowest BCUT2D eigenvalue weighted by Crippen LogP contribution is -2.06. The number of para-hydroxylation sites is 1. The number of rotatable bonds is 3. The average molecular weight is 405 g/mol. The van der Waals surface area contributed by atoms with Crippen LogP contribution in [0.4, 0.5) is 0 Å². The van der Waals surface area contributed by atoms with Crippen LogP contribution in [0.1, 0.15) is 23.0 Å². The number of H-pyrrole nitrogens is 1. The molecule has 0 fully saturated rings. The molecule has 0 radical (unpaired) electrons. The highest BCUT2D eigenvalue weighted by Gasteiger charge is 2.19. The van der Waals surface area contributed by atoms with Gasteiger partial charge in [-0.15, -0.1) is 0 Å². The van der Waals surface area contributed by atoms with Crippen LogP contribution in [-0.2, 0) is 4.74 Å². The lowest BCUT2D eigenvalue weighted by atomic mass is 9.99. The number of hydrogen-bond donors (Lipinski definition) is 1. The molecule has 0 atom stereocenters. The fourth-order valence-corrected chi connectivity index (χ4v) is 3.43. The molecule has 0 saturated heterocycles. The summed E-state index contributed by atoms with van der Waals surface area (Å²) in [5, 5.41) is 1.05. The molecule has 1 N–H and O–H groups in total. The molecule has 3 rings (SSSR count). The maximum absolute atomic E-state index is 12.1. The second kappa shape index (κ2) is 6.12. The van der Waals surface area contributed by atoms with E-state index in [1.165, 1.54) is 11.1 Å². The Morgan fingerprint density at radius 3 is 2.59 bits per heavy atom. The van der Waals surface area contributed by atoms with E-state index in [1.54, 1.807) is 0 Å². The molecule has 0 aliphatic heterocycles. The van der Waals surface area contributed by atoms with Gasteiger partial charge in [0, 0.05) is 10.9 Å². The Labute approximate surface area is 142 Å². The maximum atomic E-state index is 12.1. The standard InChI is InChI=1S/C18H16INO2/c1-3-22-18(21)17-15(19)14-10-6-9-13(16(14)20-17)12-8-5-4-7-11(12)2/h4-10,20H,3H2,1-2H3. The number of fused-ring (bicyclic) bond motifs is 1. The largest absolute Gasteiger partial charge is 0.461 e. The topological polar surface area (TPSA) is 42.1 Å². The van der Waals surface area contributed by atoms with Crippen LogP contribution in [-0.4, -0.2) is 17.6 Å². The first-order valence-corrected chi connectivity index (χ1v) is 8.24. The van der Waals surface area contributed by atoms with Crippen molar-refractivity contribution in [1.82, 2.24) is 4.98 Å². The third-order valence-corrected chi connectivity index (χ3v) is 4.81. The molecule has 1 aromatic heterocycles. The van der Waals surface area contributed by atoms with Gasteiger partial charge in [0.25, 0.3) is 0 Å². The molecule has 1 heterocycles. The maximum Gasteiger partial charge on any atom is 0.355 e. The van der Waals surface area contributed by atoms with Crippen LogP contribution in [0.5, 0.6) is 0 Å². The molecule has 0 unspecified atom stereocenters. The molecule has 3 aromatic rings. The van der Waals surface area contributed by atoms with Gasteiger partial charge in [0.2, 0.25) is 0 Å². The molecule has 4 heteroatoms. The van der Waals surface area contributed by atoms with E-state index in [1.807, 2.05) is 31.2 Å². The molecular weight excluding hydrogens is 389 g/mol. The first-order chi connectivity index (χ1) is 10.6. The molecule has 2 aromatic carbocycles. The van der Waals surface area contributed by atoms with Crippen molar-refractivity contribution < 1.29 is 9.53 Å². The van der Waals surface area contributed by atoms with Gasteiger partial charge in [-0.25, -0.2) is 4.79 Å². The Bertz CT molecular complexity index is 851. The minimum absolute atomic E-state index is 0.307. The number of ether oxygens (including phenoxy) is 1. The summed E-state index contributed by atoms with van der Waals surface area (Å²) >= 11 is 2.20. The van der Waals surface area contributed by atoms with Gasteiger partial charge in [-0.2, -0.15) is 0 Å². The second-order valence-corrected chi connectivity index (χ2v) is 6.16. The second-order valence-electron chi connectivity index (χ2n) is 5.08. The summed E-state index contributed by atoms with van der Waals surface area (Å²) in [6, 6.07) is 14.4. The molecule has 0 bridgehead atoms. The van der Waals surface area contributed by atoms with Crippen LogP contribution < -0.4 is 0 Å². The summed E-state index contributed by atoms with van der Waals surface area (Å²) in [5.41, 5.74) is 4.98. The highest BCUT2D eigenvalue weighted by atomic mass is 127. The molecular formula is C18H16INO2. The molecule has 0 spiro atoms. The molecule has 3 nitrogen and oxygen atoms in total. The number of carbonyl (C=O) groups excluding carboxylic acids is 1. The molecule has 0 aliphatic carbocycles. The number of benzene rings is 2. The zero-order valence-corrected chi connectivity index (χ0v) is 14.6. The number of nitrogens with one attached hydrogen (secondary N) is 1. The first-order valence-electron chi connectivity index (χ1n) is 7.16. The number of aromatic nitrogens is 1. The Kier molecular flexibility index (Phi) is 4.20. The van der Waals surface area contributed by atoms with Crippen molar-refractivity contribution in [1.29, 1.82) is 0 Å². The van der Waals surface area contributed by atoms with E-state index < -0.39 is 0 Å². The fourth-order valence-electron chi connectivity index (χ4n) is 2.63. The minimum atomic E-state index is -0.307. The summed E-state index contributed by atoms with van der Waals surface area (Å²) in [7, 11) is 0. The van der Waals surface area contributed by atoms with Crippen molar-refractivity contribution in [2.45, 2.75) is 13.8 Å². The zero-order valence-electron chi connectivity index (χ0n) is 12.4.